The van der Waals surface area contributed by atoms with E-state index in [1.165, 1.54) is 0 Å². The highest BCUT2D eigenvalue weighted by Gasteiger charge is 2.48. The molecular formula is C15H19ClN2OS. The van der Waals surface area contributed by atoms with E-state index in [2.05, 4.69) is 31.0 Å². The van der Waals surface area contributed by atoms with Gasteiger partial charge in [-0.1, -0.05) is 31.5 Å². The van der Waals surface area contributed by atoms with Crippen LogP contribution in [0.2, 0.25) is 5.02 Å². The van der Waals surface area contributed by atoms with Gasteiger partial charge in [0.2, 0.25) is 0 Å². The number of thiocarbonyl (C=S) groups is 1. The van der Waals surface area contributed by atoms with Crippen LogP contribution in [0.4, 0.5) is 0 Å². The van der Waals surface area contributed by atoms with E-state index in [1.807, 2.05) is 18.2 Å². The van der Waals surface area contributed by atoms with Crippen molar-refractivity contribution in [2.45, 2.75) is 39.0 Å². The third-order valence-electron chi connectivity index (χ3n) is 3.94. The second-order valence-electron chi connectivity index (χ2n) is 6.14. The lowest BCUT2D eigenvalue weighted by Gasteiger charge is -2.52. The summed E-state index contributed by atoms with van der Waals surface area (Å²) in [4.78, 5) is 2.16. The van der Waals surface area contributed by atoms with Gasteiger partial charge < -0.3 is 15.0 Å². The molecule has 1 fully saturated rings. The summed E-state index contributed by atoms with van der Waals surface area (Å²) in [6.07, 6.45) is 0.844. The standard InChI is InChI=1S/C15H19ClN2OS/c1-9(2)8-18-14(20)17-11-7-15(18,3)19-12-6-4-5-10(16)13(11)12/h4-6,9,11H,7-8H2,1-3H3,(H,17,20). The summed E-state index contributed by atoms with van der Waals surface area (Å²) in [5, 5.41) is 4.91. The Kier molecular flexibility index (Phi) is 3.33. The Morgan fingerprint density at radius 2 is 2.30 bits per heavy atom. The fraction of sp³-hybridized carbons (Fsp3) is 0.533. The van der Waals surface area contributed by atoms with Gasteiger partial charge in [0.25, 0.3) is 0 Å². The molecule has 0 aromatic heterocycles. The maximum atomic E-state index is 6.32. The summed E-state index contributed by atoms with van der Waals surface area (Å²) in [6.45, 7) is 7.36. The number of rotatable bonds is 2. The van der Waals surface area contributed by atoms with Crippen molar-refractivity contribution in [2.75, 3.05) is 6.54 Å². The molecule has 20 heavy (non-hydrogen) atoms. The fourth-order valence-electron chi connectivity index (χ4n) is 3.08. The Hall–Kier alpha value is -1.00. The molecule has 2 unspecified atom stereocenters. The number of benzene rings is 1. The van der Waals surface area contributed by atoms with Crippen LogP contribution in [0.5, 0.6) is 5.75 Å². The summed E-state index contributed by atoms with van der Waals surface area (Å²) in [7, 11) is 0. The largest absolute Gasteiger partial charge is 0.468 e. The van der Waals surface area contributed by atoms with E-state index in [4.69, 9.17) is 28.6 Å². The lowest BCUT2D eigenvalue weighted by Crippen LogP contribution is -2.65. The number of hydrogen-bond acceptors (Lipinski definition) is 2. The number of nitrogens with zero attached hydrogens (tertiary/aromatic N) is 1. The molecule has 1 saturated heterocycles. The number of ether oxygens (including phenoxy) is 1. The molecule has 0 spiro atoms. The van der Waals surface area contributed by atoms with Crippen LogP contribution in [0.15, 0.2) is 18.2 Å². The van der Waals surface area contributed by atoms with Crippen LogP contribution in [0.3, 0.4) is 0 Å². The molecule has 1 aromatic rings. The molecule has 1 N–H and O–H groups in total. The molecule has 0 radical (unpaired) electrons. The van der Waals surface area contributed by atoms with E-state index in [0.717, 1.165) is 34.4 Å². The van der Waals surface area contributed by atoms with Gasteiger partial charge >= 0.3 is 0 Å². The summed E-state index contributed by atoms with van der Waals surface area (Å²) < 4.78 is 6.27. The summed E-state index contributed by atoms with van der Waals surface area (Å²) in [6, 6.07) is 5.94. The minimum atomic E-state index is -0.394. The minimum Gasteiger partial charge on any atom is -0.468 e. The Labute approximate surface area is 130 Å². The van der Waals surface area contributed by atoms with Crippen LogP contribution in [0.1, 0.15) is 38.8 Å². The molecule has 2 atom stereocenters. The third-order valence-corrected chi connectivity index (χ3v) is 4.60. The Balaban J connectivity index is 2.02. The van der Waals surface area contributed by atoms with Crippen LogP contribution < -0.4 is 10.1 Å². The maximum absolute atomic E-state index is 6.32. The molecule has 2 aliphatic heterocycles. The number of hydrogen-bond donors (Lipinski definition) is 1. The number of nitrogens with one attached hydrogen (secondary N) is 1. The van der Waals surface area contributed by atoms with Gasteiger partial charge in [0, 0.05) is 23.6 Å². The molecule has 1 aromatic carbocycles. The average Bonchev–Trinajstić information content (AvgIpc) is 2.33. The van der Waals surface area contributed by atoms with Gasteiger partial charge in [-0.15, -0.1) is 0 Å². The van der Waals surface area contributed by atoms with Crippen LogP contribution in [-0.2, 0) is 0 Å². The van der Waals surface area contributed by atoms with Crippen LogP contribution >= 0.6 is 23.8 Å². The quantitative estimate of drug-likeness (QED) is 0.841. The summed E-state index contributed by atoms with van der Waals surface area (Å²) >= 11 is 11.9. The predicted molar refractivity (Wildman–Crippen MR) is 85.1 cm³/mol. The SMILES string of the molecule is CC(C)CN1C(=S)NC2CC1(C)Oc1cccc(Cl)c12. The lowest BCUT2D eigenvalue weighted by atomic mass is 9.90. The number of fused-ring (bicyclic) bond motifs is 4. The van der Waals surface area contributed by atoms with Crippen molar-refractivity contribution in [3.63, 3.8) is 0 Å². The van der Waals surface area contributed by atoms with E-state index >= 15 is 0 Å². The van der Waals surface area contributed by atoms with Crippen LogP contribution in [0, 0.1) is 5.92 Å². The van der Waals surface area contributed by atoms with Gasteiger partial charge in [-0.25, -0.2) is 0 Å². The van der Waals surface area contributed by atoms with E-state index in [-0.39, 0.29) is 6.04 Å². The third kappa shape index (κ3) is 2.15. The molecule has 108 valence electrons. The Bertz CT molecular complexity index is 563. The zero-order chi connectivity index (χ0) is 14.5. The summed E-state index contributed by atoms with van der Waals surface area (Å²) in [5.41, 5.74) is 0.632. The zero-order valence-corrected chi connectivity index (χ0v) is 13.5. The molecule has 0 saturated carbocycles. The van der Waals surface area contributed by atoms with Crippen molar-refractivity contribution < 1.29 is 4.74 Å². The highest BCUT2D eigenvalue weighted by molar-refractivity contribution is 7.80. The second-order valence-corrected chi connectivity index (χ2v) is 6.93. The highest BCUT2D eigenvalue weighted by atomic mass is 35.5. The first-order chi connectivity index (χ1) is 9.40. The van der Waals surface area contributed by atoms with Crippen molar-refractivity contribution in [1.82, 2.24) is 10.2 Å². The van der Waals surface area contributed by atoms with E-state index in [9.17, 15) is 0 Å². The fourth-order valence-corrected chi connectivity index (χ4v) is 3.78. The van der Waals surface area contributed by atoms with Crippen LogP contribution in [-0.4, -0.2) is 22.3 Å². The first kappa shape index (κ1) is 14.0. The monoisotopic (exact) mass is 310 g/mol. The Morgan fingerprint density at radius 3 is 3.00 bits per heavy atom. The normalized spacial score (nSPS) is 27.9. The highest BCUT2D eigenvalue weighted by Crippen LogP contribution is 2.46. The molecule has 2 heterocycles. The lowest BCUT2D eigenvalue weighted by molar-refractivity contribution is -0.0720. The zero-order valence-electron chi connectivity index (χ0n) is 11.9. The van der Waals surface area contributed by atoms with Gasteiger partial charge in [-0.05, 0) is 37.2 Å². The Morgan fingerprint density at radius 1 is 1.55 bits per heavy atom. The van der Waals surface area contributed by atoms with Gasteiger partial charge in [-0.3, -0.25) is 0 Å². The second kappa shape index (κ2) is 4.78. The topological polar surface area (TPSA) is 24.5 Å². The molecule has 0 aliphatic carbocycles. The van der Waals surface area contributed by atoms with Crippen molar-refractivity contribution in [1.29, 1.82) is 0 Å². The molecule has 2 aliphatic rings. The van der Waals surface area contributed by atoms with E-state index in [0.29, 0.717) is 5.92 Å². The van der Waals surface area contributed by atoms with Gasteiger partial charge in [0.1, 0.15) is 5.75 Å². The molecule has 0 amide bonds. The van der Waals surface area contributed by atoms with Gasteiger partial charge in [0.05, 0.1) is 6.04 Å². The number of halogens is 1. The van der Waals surface area contributed by atoms with Gasteiger partial charge in [0.15, 0.2) is 10.8 Å². The minimum absolute atomic E-state index is 0.133. The van der Waals surface area contributed by atoms with E-state index < -0.39 is 5.72 Å². The smallest absolute Gasteiger partial charge is 0.184 e. The predicted octanol–water partition coefficient (Wildman–Crippen LogP) is 3.73. The average molecular weight is 311 g/mol. The van der Waals surface area contributed by atoms with Crippen molar-refractivity contribution in [3.05, 3.63) is 28.8 Å². The first-order valence-corrected chi connectivity index (χ1v) is 7.75. The maximum Gasteiger partial charge on any atom is 0.184 e. The van der Waals surface area contributed by atoms with Crippen molar-refractivity contribution in [2.24, 2.45) is 5.92 Å². The van der Waals surface area contributed by atoms with Crippen molar-refractivity contribution >= 4 is 28.9 Å². The first-order valence-electron chi connectivity index (χ1n) is 6.96. The van der Waals surface area contributed by atoms with Crippen molar-refractivity contribution in [3.8, 4) is 5.75 Å². The van der Waals surface area contributed by atoms with Gasteiger partial charge in [-0.2, -0.15) is 0 Å². The molecular weight excluding hydrogens is 292 g/mol. The molecule has 3 rings (SSSR count). The molecule has 3 nitrogen and oxygen atoms in total. The molecule has 5 heteroatoms. The molecule has 2 bridgehead atoms. The van der Waals surface area contributed by atoms with Crippen LogP contribution in [0.25, 0.3) is 0 Å². The van der Waals surface area contributed by atoms with E-state index in [1.54, 1.807) is 0 Å². The summed E-state index contributed by atoms with van der Waals surface area (Å²) in [5.74, 6) is 1.38.